The summed E-state index contributed by atoms with van der Waals surface area (Å²) in [5, 5.41) is 18.4. The van der Waals surface area contributed by atoms with Gasteiger partial charge in [-0.15, -0.1) is 16.8 Å². The van der Waals surface area contributed by atoms with Crippen molar-refractivity contribution in [3.8, 4) is 0 Å². The van der Waals surface area contributed by atoms with E-state index in [-0.39, 0.29) is 17.5 Å². The van der Waals surface area contributed by atoms with Crippen LogP contribution in [0, 0.1) is 0 Å². The summed E-state index contributed by atoms with van der Waals surface area (Å²) in [6.45, 7) is 2.72. The number of aromatic nitrogens is 2. The third-order valence-corrected chi connectivity index (χ3v) is 4.38. The second-order valence-electron chi connectivity index (χ2n) is 4.77. The number of rotatable bonds is 5. The Bertz CT molecular complexity index is 671. The minimum absolute atomic E-state index is 0.193. The number of hydrogen-bond acceptors (Lipinski definition) is 7. The van der Waals surface area contributed by atoms with Gasteiger partial charge < -0.3 is 9.84 Å². The number of halogens is 1. The maximum Gasteiger partial charge on any atom is 0.324 e. The van der Waals surface area contributed by atoms with Gasteiger partial charge in [-0.2, -0.15) is 0 Å². The summed E-state index contributed by atoms with van der Waals surface area (Å²) >= 11 is 7.21. The largest absolute Gasteiger partial charge is 0.861 e. The Kier molecular flexibility index (Phi) is 5.37. The highest BCUT2D eigenvalue weighted by molar-refractivity contribution is 8.00. The second-order valence-corrected chi connectivity index (χ2v) is 6.26. The first kappa shape index (κ1) is 16.1. The number of aliphatic imine (C=N–C) groups is 1. The predicted octanol–water partition coefficient (Wildman–Crippen LogP) is 0.766. The molecule has 3 rings (SSSR count). The molecule has 0 unspecified atom stereocenters. The van der Waals surface area contributed by atoms with Crippen molar-refractivity contribution in [2.45, 2.75) is 4.90 Å². The van der Waals surface area contributed by atoms with E-state index < -0.39 is 0 Å². The summed E-state index contributed by atoms with van der Waals surface area (Å²) in [5.41, 5.74) is 0. The fourth-order valence-corrected chi connectivity index (χ4v) is 2.81. The van der Waals surface area contributed by atoms with Gasteiger partial charge in [0.25, 0.3) is 6.20 Å². The minimum atomic E-state index is -0.282. The Labute approximate surface area is 142 Å². The average Bonchev–Trinajstić information content (AvgIpc) is 3.04. The molecule has 0 radical (unpaired) electrons. The fourth-order valence-electron chi connectivity index (χ4n) is 2.00. The Morgan fingerprint density at radius 2 is 2.09 bits per heavy atom. The van der Waals surface area contributed by atoms with Crippen LogP contribution in [-0.4, -0.2) is 43.2 Å². The SMILES string of the molecule is [O-]/C(CSc1ccc(Cl)cc1)=N/c1c[n+](N2CCOCC2)no1. The Morgan fingerprint density at radius 3 is 2.83 bits per heavy atom. The van der Waals surface area contributed by atoms with Crippen molar-refractivity contribution < 1.29 is 19.2 Å². The van der Waals surface area contributed by atoms with E-state index in [1.165, 1.54) is 11.8 Å². The van der Waals surface area contributed by atoms with Crippen LogP contribution in [0.2, 0.25) is 5.02 Å². The number of benzene rings is 1. The molecular formula is C14H15ClN4O3S. The van der Waals surface area contributed by atoms with Gasteiger partial charge in [0.1, 0.15) is 0 Å². The second kappa shape index (κ2) is 7.67. The van der Waals surface area contributed by atoms with Crippen molar-refractivity contribution in [2.24, 2.45) is 4.99 Å². The molecule has 1 aliphatic rings. The molecule has 1 aromatic heterocycles. The van der Waals surface area contributed by atoms with E-state index in [4.69, 9.17) is 20.9 Å². The number of thioether (sulfide) groups is 1. The zero-order chi connectivity index (χ0) is 16.1. The summed E-state index contributed by atoms with van der Waals surface area (Å²) in [7, 11) is 0. The van der Waals surface area contributed by atoms with E-state index in [9.17, 15) is 5.11 Å². The molecule has 0 saturated carbocycles. The number of morpholine rings is 1. The third kappa shape index (κ3) is 4.60. The normalized spacial score (nSPS) is 15.9. The van der Waals surface area contributed by atoms with Gasteiger partial charge >= 0.3 is 5.88 Å². The molecule has 1 fully saturated rings. The van der Waals surface area contributed by atoms with Crippen molar-refractivity contribution >= 4 is 35.1 Å². The van der Waals surface area contributed by atoms with Gasteiger partial charge in [-0.05, 0) is 30.2 Å². The lowest BCUT2D eigenvalue weighted by Gasteiger charge is -2.18. The Balaban J connectivity index is 1.57. The van der Waals surface area contributed by atoms with Crippen LogP contribution in [0.1, 0.15) is 0 Å². The Morgan fingerprint density at radius 1 is 1.35 bits per heavy atom. The van der Waals surface area contributed by atoms with Gasteiger partial charge in [0.05, 0.1) is 31.1 Å². The quantitative estimate of drug-likeness (QED) is 0.341. The van der Waals surface area contributed by atoms with Crippen LogP contribution >= 0.6 is 23.4 Å². The molecule has 9 heteroatoms. The average molecular weight is 355 g/mol. The van der Waals surface area contributed by atoms with Gasteiger partial charge in [-0.25, -0.2) is 4.99 Å². The lowest BCUT2D eigenvalue weighted by molar-refractivity contribution is -0.759. The topological polar surface area (TPSA) is 77.8 Å². The minimum Gasteiger partial charge on any atom is -0.861 e. The smallest absolute Gasteiger partial charge is 0.324 e. The molecule has 0 N–H and O–H groups in total. The van der Waals surface area contributed by atoms with E-state index in [0.717, 1.165) is 18.0 Å². The standard InChI is InChI=1S/C14H15ClN4O3S/c15-11-1-3-12(4-2-11)23-10-13(20)16-14-9-19(17-22-14)18-5-7-21-8-6-18/h1-4,9H,5-8,10H2. The molecule has 23 heavy (non-hydrogen) atoms. The first-order chi connectivity index (χ1) is 11.2. The highest BCUT2D eigenvalue weighted by Gasteiger charge is 2.22. The van der Waals surface area contributed by atoms with Crippen LogP contribution in [0.15, 0.2) is 44.9 Å². The molecule has 0 aliphatic carbocycles. The molecule has 2 heterocycles. The van der Waals surface area contributed by atoms with Crippen LogP contribution in [0.4, 0.5) is 5.88 Å². The molecule has 0 bridgehead atoms. The molecular weight excluding hydrogens is 340 g/mol. The van der Waals surface area contributed by atoms with E-state index in [0.29, 0.717) is 18.2 Å². The van der Waals surface area contributed by atoms with Crippen molar-refractivity contribution in [1.29, 1.82) is 0 Å². The van der Waals surface area contributed by atoms with Gasteiger partial charge in [0.15, 0.2) is 0 Å². The molecule has 2 aromatic rings. The molecule has 7 nitrogen and oxygen atoms in total. The van der Waals surface area contributed by atoms with Crippen molar-refractivity contribution in [3.05, 3.63) is 35.5 Å². The first-order valence-electron chi connectivity index (χ1n) is 7.05. The molecule has 0 spiro atoms. The van der Waals surface area contributed by atoms with Crippen molar-refractivity contribution in [2.75, 3.05) is 37.1 Å². The summed E-state index contributed by atoms with van der Waals surface area (Å²) < 4.78 is 10.3. The van der Waals surface area contributed by atoms with Gasteiger partial charge in [-0.3, -0.25) is 4.52 Å². The molecule has 1 aliphatic heterocycles. The van der Waals surface area contributed by atoms with Crippen molar-refractivity contribution in [3.63, 3.8) is 0 Å². The van der Waals surface area contributed by atoms with Gasteiger partial charge in [0, 0.05) is 15.7 Å². The zero-order valence-electron chi connectivity index (χ0n) is 12.2. The molecule has 0 atom stereocenters. The number of nitrogens with zero attached hydrogens (tertiary/aromatic N) is 4. The lowest BCUT2D eigenvalue weighted by Crippen LogP contribution is -2.62. The van der Waals surface area contributed by atoms with Crippen LogP contribution in [-0.2, 0) is 4.74 Å². The summed E-state index contributed by atoms with van der Waals surface area (Å²) in [6, 6.07) is 7.29. The summed E-state index contributed by atoms with van der Waals surface area (Å²) in [6.07, 6.45) is 1.59. The molecule has 0 amide bonds. The first-order valence-corrected chi connectivity index (χ1v) is 8.41. The fraction of sp³-hybridized carbons (Fsp3) is 0.357. The lowest BCUT2D eigenvalue weighted by atomic mass is 10.4. The predicted molar refractivity (Wildman–Crippen MR) is 84.7 cm³/mol. The molecule has 122 valence electrons. The number of hydrogen-bond donors (Lipinski definition) is 0. The molecule has 1 saturated heterocycles. The van der Waals surface area contributed by atoms with Crippen LogP contribution in [0.3, 0.4) is 0 Å². The monoisotopic (exact) mass is 354 g/mol. The van der Waals surface area contributed by atoms with Crippen LogP contribution < -0.4 is 14.9 Å². The Hall–Kier alpha value is -1.77. The van der Waals surface area contributed by atoms with Crippen LogP contribution in [0.25, 0.3) is 0 Å². The molecule has 1 aromatic carbocycles. The number of ether oxygens (including phenoxy) is 1. The van der Waals surface area contributed by atoms with E-state index in [2.05, 4.69) is 10.3 Å². The van der Waals surface area contributed by atoms with Gasteiger partial charge in [0.2, 0.25) is 5.27 Å². The summed E-state index contributed by atoms with van der Waals surface area (Å²) in [5.74, 6) is 0.133. The zero-order valence-corrected chi connectivity index (χ0v) is 13.8. The van der Waals surface area contributed by atoms with Crippen molar-refractivity contribution in [1.82, 2.24) is 5.27 Å². The van der Waals surface area contributed by atoms with Gasteiger partial charge in [-0.1, -0.05) is 11.6 Å². The maximum absolute atomic E-state index is 11.9. The summed E-state index contributed by atoms with van der Waals surface area (Å²) in [4.78, 5) is 6.43. The maximum atomic E-state index is 11.9. The third-order valence-electron chi connectivity index (χ3n) is 3.13. The van der Waals surface area contributed by atoms with Crippen LogP contribution in [0.5, 0.6) is 0 Å². The highest BCUT2D eigenvalue weighted by atomic mass is 35.5. The van der Waals surface area contributed by atoms with E-state index in [1.807, 2.05) is 17.1 Å². The van der Waals surface area contributed by atoms with E-state index >= 15 is 0 Å². The van der Waals surface area contributed by atoms with E-state index in [1.54, 1.807) is 23.1 Å². The highest BCUT2D eigenvalue weighted by Crippen LogP contribution is 2.20.